The van der Waals surface area contributed by atoms with E-state index in [1.165, 1.54) is 36.4 Å². The van der Waals surface area contributed by atoms with E-state index in [1.54, 1.807) is 36.4 Å². The first-order valence-corrected chi connectivity index (χ1v) is 15.6. The molecule has 0 radical (unpaired) electrons. The van der Waals surface area contributed by atoms with Crippen LogP contribution in [0.4, 0.5) is 0 Å². The summed E-state index contributed by atoms with van der Waals surface area (Å²) in [6, 6.07) is 41.4. The fourth-order valence-electron chi connectivity index (χ4n) is 5.24. The number of rotatable bonds is 6. The maximum atomic E-state index is 13.4. The minimum Gasteiger partial charge on any atom is -0.478 e. The smallest absolute Gasteiger partial charge is 0.346 e. The van der Waals surface area contributed by atoms with Crippen LogP contribution in [-0.4, -0.2) is 34.1 Å². The van der Waals surface area contributed by atoms with E-state index < -0.39 is 35.0 Å². The van der Waals surface area contributed by atoms with Gasteiger partial charge in [0.2, 0.25) is 0 Å². The Kier molecular flexibility index (Phi) is 9.94. The number of aromatic carboxylic acids is 2. The first kappa shape index (κ1) is 33.4. The van der Waals surface area contributed by atoms with Gasteiger partial charge in [-0.3, -0.25) is 0 Å². The van der Waals surface area contributed by atoms with Gasteiger partial charge < -0.3 is 14.9 Å². The summed E-state index contributed by atoms with van der Waals surface area (Å²) in [5.41, 5.74) is 3.74. The van der Waals surface area contributed by atoms with Crippen LogP contribution >= 0.6 is 0 Å². The average Bonchev–Trinajstić information content (AvgIpc) is 3.16. The van der Waals surface area contributed by atoms with Crippen LogP contribution in [0.1, 0.15) is 63.7 Å². The summed E-state index contributed by atoms with van der Waals surface area (Å²) in [6.45, 7) is 0. The molecule has 51 heavy (non-hydrogen) atoms. The minimum absolute atomic E-state index is 0.383. The molecular weight excluding hydrogens is 640 g/mol. The van der Waals surface area contributed by atoms with Crippen molar-refractivity contribution in [2.45, 2.75) is 0 Å². The van der Waals surface area contributed by atoms with Crippen molar-refractivity contribution in [2.24, 2.45) is 0 Å². The van der Waals surface area contributed by atoms with Crippen molar-refractivity contribution in [1.29, 1.82) is 0 Å². The lowest BCUT2D eigenvalue weighted by molar-refractivity contribution is 0.0386. The molecule has 7 nitrogen and oxygen atoms in total. The molecule has 0 bridgehead atoms. The van der Waals surface area contributed by atoms with Gasteiger partial charge in [0, 0.05) is 22.3 Å². The molecule has 0 aliphatic heterocycles. The molecule has 0 aromatic heterocycles. The van der Waals surface area contributed by atoms with Crippen LogP contribution in [0.2, 0.25) is 0 Å². The largest absolute Gasteiger partial charge is 0.478 e. The van der Waals surface area contributed by atoms with Crippen molar-refractivity contribution in [3.8, 4) is 45.9 Å². The molecular formula is C44H26O7. The van der Waals surface area contributed by atoms with Gasteiger partial charge in [0.15, 0.2) is 0 Å². The molecule has 0 aliphatic carbocycles. The molecule has 0 saturated heterocycles. The molecule has 0 spiro atoms. The number of carboxylic acid groups (broad SMARTS) is 2. The monoisotopic (exact) mass is 666 g/mol. The highest BCUT2D eigenvalue weighted by Gasteiger charge is 2.25. The van der Waals surface area contributed by atoms with Gasteiger partial charge in [-0.25, -0.2) is 19.2 Å². The summed E-state index contributed by atoms with van der Waals surface area (Å²) < 4.78 is 5.16. The van der Waals surface area contributed by atoms with Crippen molar-refractivity contribution < 1.29 is 34.1 Å². The van der Waals surface area contributed by atoms with E-state index in [-0.39, 0.29) is 11.1 Å². The Morgan fingerprint density at radius 1 is 0.373 bits per heavy atom. The van der Waals surface area contributed by atoms with Crippen molar-refractivity contribution in [3.63, 3.8) is 0 Å². The Balaban J connectivity index is 1.29. The first-order valence-electron chi connectivity index (χ1n) is 15.6. The van der Waals surface area contributed by atoms with E-state index in [4.69, 9.17) is 4.74 Å². The van der Waals surface area contributed by atoms with Gasteiger partial charge in [-0.05, 0) is 95.1 Å². The van der Waals surface area contributed by atoms with E-state index >= 15 is 0 Å². The highest BCUT2D eigenvalue weighted by Crippen LogP contribution is 2.27. The van der Waals surface area contributed by atoms with Gasteiger partial charge >= 0.3 is 23.9 Å². The summed E-state index contributed by atoms with van der Waals surface area (Å²) in [5, 5.41) is 19.7. The third-order valence-electron chi connectivity index (χ3n) is 7.77. The summed E-state index contributed by atoms with van der Waals surface area (Å²) in [6.07, 6.45) is 0. The van der Waals surface area contributed by atoms with E-state index in [0.717, 1.165) is 11.1 Å². The highest BCUT2D eigenvalue weighted by atomic mass is 16.6. The zero-order valence-electron chi connectivity index (χ0n) is 26.8. The van der Waals surface area contributed by atoms with Crippen LogP contribution in [-0.2, 0) is 4.74 Å². The number of carbonyl (C=O) groups excluding carboxylic acids is 2. The van der Waals surface area contributed by atoms with E-state index in [1.807, 2.05) is 72.8 Å². The van der Waals surface area contributed by atoms with E-state index in [0.29, 0.717) is 33.4 Å². The van der Waals surface area contributed by atoms with Crippen LogP contribution in [0, 0.1) is 23.7 Å². The van der Waals surface area contributed by atoms with Gasteiger partial charge in [0.1, 0.15) is 0 Å². The number of hydrogen-bond donors (Lipinski definition) is 2. The fourth-order valence-corrected chi connectivity index (χ4v) is 5.24. The molecule has 6 aromatic rings. The SMILES string of the molecule is O=C(O)c1ccc(-c2cccc(C#Cc3ccccc3)c2)cc1C(=O)OC(=O)c1cc(-c2cccc(C#Cc3ccccc3)c2)ccc1C(=O)O. The molecule has 0 fully saturated rings. The summed E-state index contributed by atoms with van der Waals surface area (Å²) in [4.78, 5) is 51.1. The minimum atomic E-state index is -1.41. The summed E-state index contributed by atoms with van der Waals surface area (Å²) in [7, 11) is 0. The molecule has 6 aromatic carbocycles. The number of esters is 2. The van der Waals surface area contributed by atoms with Crippen LogP contribution < -0.4 is 0 Å². The van der Waals surface area contributed by atoms with Gasteiger partial charge in [-0.2, -0.15) is 0 Å². The molecule has 244 valence electrons. The van der Waals surface area contributed by atoms with E-state index in [2.05, 4.69) is 23.7 Å². The lowest BCUT2D eigenvalue weighted by atomic mass is 9.97. The lowest BCUT2D eigenvalue weighted by Gasteiger charge is -2.11. The van der Waals surface area contributed by atoms with Crippen molar-refractivity contribution in [3.05, 3.63) is 190 Å². The van der Waals surface area contributed by atoms with Gasteiger partial charge in [0.05, 0.1) is 22.3 Å². The number of ether oxygens (including phenoxy) is 1. The maximum absolute atomic E-state index is 13.4. The van der Waals surface area contributed by atoms with Crippen LogP contribution in [0.15, 0.2) is 146 Å². The maximum Gasteiger partial charge on any atom is 0.346 e. The molecule has 0 heterocycles. The molecule has 0 amide bonds. The first-order chi connectivity index (χ1) is 24.7. The molecule has 6 rings (SSSR count). The quantitative estimate of drug-likeness (QED) is 0.105. The Morgan fingerprint density at radius 2 is 0.725 bits per heavy atom. The second kappa shape index (κ2) is 15.2. The number of hydrogen-bond acceptors (Lipinski definition) is 5. The Labute approximate surface area is 293 Å². The molecule has 0 atom stereocenters. The molecule has 0 unspecified atom stereocenters. The predicted octanol–water partition coefficient (Wildman–Crippen LogP) is 8.21. The molecule has 7 heteroatoms. The average molecular weight is 667 g/mol. The second-order valence-electron chi connectivity index (χ2n) is 11.2. The molecule has 2 N–H and O–H groups in total. The number of carbonyl (C=O) groups is 4. The van der Waals surface area contributed by atoms with Crippen molar-refractivity contribution >= 4 is 23.9 Å². The predicted molar refractivity (Wildman–Crippen MR) is 192 cm³/mol. The lowest BCUT2D eigenvalue weighted by Crippen LogP contribution is -2.18. The van der Waals surface area contributed by atoms with Crippen LogP contribution in [0.3, 0.4) is 0 Å². The topological polar surface area (TPSA) is 118 Å². The standard InChI is InChI=1S/C44H26O7/c45-41(46)37-23-21-35(33-15-7-13-31(25-33)19-17-29-9-3-1-4-10-29)27-39(37)43(49)51-44(50)40-28-36(22-24-38(40)42(47)48)34-16-8-14-32(26-34)20-18-30-11-5-2-6-12-30/h1-16,21-28H,(H,45,46)(H,47,48). The van der Waals surface area contributed by atoms with Gasteiger partial charge in [-0.15, -0.1) is 0 Å². The summed E-state index contributed by atoms with van der Waals surface area (Å²) in [5.74, 6) is 7.04. The Bertz CT molecular complexity index is 2270. The molecule has 0 saturated carbocycles. The van der Waals surface area contributed by atoms with E-state index in [9.17, 15) is 29.4 Å². The zero-order chi connectivity index (χ0) is 35.7. The van der Waals surface area contributed by atoms with Crippen LogP contribution in [0.5, 0.6) is 0 Å². The normalized spacial score (nSPS) is 10.1. The second-order valence-corrected chi connectivity index (χ2v) is 11.2. The fraction of sp³-hybridized carbons (Fsp3) is 0. The number of benzene rings is 6. The third-order valence-corrected chi connectivity index (χ3v) is 7.77. The van der Waals surface area contributed by atoms with Gasteiger partial charge in [-0.1, -0.05) is 96.5 Å². The summed E-state index contributed by atoms with van der Waals surface area (Å²) >= 11 is 0. The van der Waals surface area contributed by atoms with Gasteiger partial charge in [0.25, 0.3) is 0 Å². The van der Waals surface area contributed by atoms with Crippen molar-refractivity contribution in [1.82, 2.24) is 0 Å². The van der Waals surface area contributed by atoms with Crippen molar-refractivity contribution in [2.75, 3.05) is 0 Å². The van der Waals surface area contributed by atoms with Crippen LogP contribution in [0.25, 0.3) is 22.3 Å². The number of carboxylic acids is 2. The zero-order valence-corrected chi connectivity index (χ0v) is 26.8. The highest BCUT2D eigenvalue weighted by molar-refractivity contribution is 6.11. The Hall–Kier alpha value is -7.48. The third kappa shape index (κ3) is 8.16. The Morgan fingerprint density at radius 3 is 1.12 bits per heavy atom. The molecule has 0 aliphatic rings.